The molecule has 0 saturated carbocycles. The summed E-state index contributed by atoms with van der Waals surface area (Å²) in [5.41, 5.74) is 1.81. The molecule has 0 N–H and O–H groups in total. The highest BCUT2D eigenvalue weighted by Crippen LogP contribution is 2.37. The minimum absolute atomic E-state index is 0.115. The van der Waals surface area contributed by atoms with Crippen LogP contribution in [0.25, 0.3) is 6.08 Å². The minimum Gasteiger partial charge on any atom is -0.465 e. The number of rotatable bonds is 3. The number of carbonyl (C=O) groups is 2. The maximum Gasteiger partial charge on any atom is 0.340 e. The summed E-state index contributed by atoms with van der Waals surface area (Å²) >= 11 is 9.29. The van der Waals surface area contributed by atoms with Crippen LogP contribution in [0.4, 0.5) is 10.1 Å². The summed E-state index contributed by atoms with van der Waals surface area (Å²) < 4.78 is 19.1. The summed E-state index contributed by atoms with van der Waals surface area (Å²) in [5.74, 6) is -1.65. The van der Waals surface area contributed by atoms with Gasteiger partial charge in [0.15, 0.2) is 0 Å². The van der Waals surface area contributed by atoms with Crippen molar-refractivity contribution in [3.05, 3.63) is 80.2 Å². The van der Waals surface area contributed by atoms with Crippen molar-refractivity contribution in [2.75, 3.05) is 12.0 Å². The predicted octanol–water partition coefficient (Wildman–Crippen LogP) is 5.12. The Kier molecular flexibility index (Phi) is 5.48. The molecule has 0 aromatic heterocycles. The van der Waals surface area contributed by atoms with E-state index in [2.05, 4.69) is 15.9 Å². The standard InChI is InChI=1S/C20H14BrClFNO3/c1-11-18(20(26)27-2)14(9-12-5-3-4-6-15(12)21)19(25)24(11)13-7-8-17(23)16(22)10-13/h3-10H,1-2H3/b14-9-. The second-order valence-corrected chi connectivity index (χ2v) is 7.03. The van der Waals surface area contributed by atoms with Crippen molar-refractivity contribution in [3.8, 4) is 0 Å². The molecular weight excluding hydrogens is 437 g/mol. The van der Waals surface area contributed by atoms with Crippen molar-refractivity contribution in [1.29, 1.82) is 0 Å². The van der Waals surface area contributed by atoms with Crippen molar-refractivity contribution in [1.82, 2.24) is 0 Å². The fourth-order valence-corrected chi connectivity index (χ4v) is 3.44. The maximum atomic E-state index is 13.5. The van der Waals surface area contributed by atoms with E-state index in [9.17, 15) is 14.0 Å². The van der Waals surface area contributed by atoms with Gasteiger partial charge in [-0.25, -0.2) is 9.18 Å². The Hall–Kier alpha value is -2.44. The number of allylic oxidation sites excluding steroid dienone is 1. The molecule has 0 spiro atoms. The lowest BCUT2D eigenvalue weighted by Gasteiger charge is -2.18. The lowest BCUT2D eigenvalue weighted by Crippen LogP contribution is -2.24. The fraction of sp³-hybridized carbons (Fsp3) is 0.100. The van der Waals surface area contributed by atoms with Gasteiger partial charge in [0.1, 0.15) is 5.82 Å². The van der Waals surface area contributed by atoms with E-state index in [1.165, 1.54) is 30.2 Å². The zero-order valence-electron chi connectivity index (χ0n) is 14.4. The summed E-state index contributed by atoms with van der Waals surface area (Å²) in [6.07, 6.45) is 1.62. The first-order chi connectivity index (χ1) is 12.8. The highest BCUT2D eigenvalue weighted by Gasteiger charge is 2.38. The zero-order chi connectivity index (χ0) is 19.7. The van der Waals surface area contributed by atoms with Crippen molar-refractivity contribution in [2.24, 2.45) is 0 Å². The highest BCUT2D eigenvalue weighted by molar-refractivity contribution is 9.10. The lowest BCUT2D eigenvalue weighted by molar-refractivity contribution is -0.136. The number of halogens is 3. The molecular formula is C20H14BrClFNO3. The number of hydrogen-bond acceptors (Lipinski definition) is 3. The molecule has 0 fully saturated rings. The quantitative estimate of drug-likeness (QED) is 0.482. The first-order valence-corrected chi connectivity index (χ1v) is 9.07. The molecule has 0 atom stereocenters. The smallest absolute Gasteiger partial charge is 0.340 e. The van der Waals surface area contributed by atoms with Crippen LogP contribution in [0.5, 0.6) is 0 Å². The van der Waals surface area contributed by atoms with Crippen LogP contribution in [0, 0.1) is 5.82 Å². The third-order valence-corrected chi connectivity index (χ3v) is 5.17. The Bertz CT molecular complexity index is 1020. The van der Waals surface area contributed by atoms with E-state index in [0.29, 0.717) is 11.4 Å². The average molecular weight is 451 g/mol. The average Bonchev–Trinajstić information content (AvgIpc) is 2.89. The number of hydrogen-bond donors (Lipinski definition) is 0. The van der Waals surface area contributed by atoms with Gasteiger partial charge in [-0.05, 0) is 42.8 Å². The van der Waals surface area contributed by atoms with E-state index in [-0.39, 0.29) is 16.2 Å². The number of methoxy groups -OCH3 is 1. The van der Waals surface area contributed by atoms with Gasteiger partial charge >= 0.3 is 5.97 Å². The van der Waals surface area contributed by atoms with Gasteiger partial charge in [0, 0.05) is 10.2 Å². The monoisotopic (exact) mass is 449 g/mol. The molecule has 4 nitrogen and oxygen atoms in total. The molecule has 1 aliphatic heterocycles. The van der Waals surface area contributed by atoms with Crippen molar-refractivity contribution in [3.63, 3.8) is 0 Å². The molecule has 0 bridgehead atoms. The molecule has 1 aliphatic rings. The van der Waals surface area contributed by atoms with E-state index < -0.39 is 17.7 Å². The van der Waals surface area contributed by atoms with Crippen LogP contribution in [0.15, 0.2) is 63.8 Å². The van der Waals surface area contributed by atoms with Crippen LogP contribution in [-0.4, -0.2) is 19.0 Å². The normalized spacial score (nSPS) is 15.7. The number of anilines is 1. The van der Waals surface area contributed by atoms with Crippen molar-refractivity contribution >= 4 is 51.2 Å². The largest absolute Gasteiger partial charge is 0.465 e. The molecule has 2 aromatic carbocycles. The summed E-state index contributed by atoms with van der Waals surface area (Å²) in [6.45, 7) is 1.63. The van der Waals surface area contributed by atoms with E-state index in [0.717, 1.165) is 10.0 Å². The third-order valence-electron chi connectivity index (χ3n) is 4.16. The van der Waals surface area contributed by atoms with Crippen LogP contribution < -0.4 is 4.90 Å². The first kappa shape index (κ1) is 19.3. The van der Waals surface area contributed by atoms with Crippen LogP contribution in [0.2, 0.25) is 5.02 Å². The number of nitrogens with zero attached hydrogens (tertiary/aromatic N) is 1. The van der Waals surface area contributed by atoms with Gasteiger partial charge < -0.3 is 4.74 Å². The number of carbonyl (C=O) groups excluding carboxylic acids is 2. The Morgan fingerprint density at radius 1 is 1.26 bits per heavy atom. The molecule has 7 heteroatoms. The number of ether oxygens (including phenoxy) is 1. The highest BCUT2D eigenvalue weighted by atomic mass is 79.9. The summed E-state index contributed by atoms with van der Waals surface area (Å²) in [5, 5.41) is -0.115. The van der Waals surface area contributed by atoms with Crippen LogP contribution in [0.3, 0.4) is 0 Å². The van der Waals surface area contributed by atoms with Gasteiger partial charge in [-0.3, -0.25) is 9.69 Å². The summed E-state index contributed by atoms with van der Waals surface area (Å²) in [4.78, 5) is 26.8. The van der Waals surface area contributed by atoms with Gasteiger partial charge in [-0.1, -0.05) is 45.7 Å². The van der Waals surface area contributed by atoms with Gasteiger partial charge in [-0.15, -0.1) is 0 Å². The molecule has 0 unspecified atom stereocenters. The van der Waals surface area contributed by atoms with Crippen LogP contribution in [0.1, 0.15) is 12.5 Å². The lowest BCUT2D eigenvalue weighted by atomic mass is 10.0. The maximum absolute atomic E-state index is 13.5. The first-order valence-electron chi connectivity index (χ1n) is 7.90. The van der Waals surface area contributed by atoms with E-state index in [4.69, 9.17) is 16.3 Å². The van der Waals surface area contributed by atoms with E-state index in [1.54, 1.807) is 13.0 Å². The van der Waals surface area contributed by atoms with Crippen LogP contribution in [-0.2, 0) is 14.3 Å². The second-order valence-electron chi connectivity index (χ2n) is 5.77. The van der Waals surface area contributed by atoms with Crippen LogP contribution >= 0.6 is 27.5 Å². The van der Waals surface area contributed by atoms with E-state index >= 15 is 0 Å². The fourth-order valence-electron chi connectivity index (χ4n) is 2.86. The Balaban J connectivity index is 2.17. The molecule has 138 valence electrons. The van der Waals surface area contributed by atoms with Crippen molar-refractivity contribution in [2.45, 2.75) is 6.92 Å². The number of amides is 1. The number of benzene rings is 2. The predicted molar refractivity (Wildman–Crippen MR) is 106 cm³/mol. The molecule has 3 rings (SSSR count). The van der Waals surface area contributed by atoms with Gasteiger partial charge in [0.2, 0.25) is 0 Å². The molecule has 2 aromatic rings. The molecule has 1 amide bonds. The topological polar surface area (TPSA) is 46.6 Å². The van der Waals surface area contributed by atoms with Gasteiger partial charge in [0.25, 0.3) is 5.91 Å². The van der Waals surface area contributed by atoms with Gasteiger partial charge in [-0.2, -0.15) is 0 Å². The Labute approximate surface area is 169 Å². The van der Waals surface area contributed by atoms with Gasteiger partial charge in [0.05, 0.1) is 29.0 Å². The Morgan fingerprint density at radius 3 is 2.59 bits per heavy atom. The molecule has 0 saturated heterocycles. The molecule has 27 heavy (non-hydrogen) atoms. The SMILES string of the molecule is COC(=O)C1=C(C)N(c2ccc(F)c(Cl)c2)C(=O)/C1=C\c1ccccc1Br. The third kappa shape index (κ3) is 3.55. The molecule has 0 radical (unpaired) electrons. The number of esters is 1. The van der Waals surface area contributed by atoms with E-state index in [1.807, 2.05) is 24.3 Å². The Morgan fingerprint density at radius 2 is 1.96 bits per heavy atom. The summed E-state index contributed by atoms with van der Waals surface area (Å²) in [6, 6.07) is 11.3. The second kappa shape index (κ2) is 7.66. The minimum atomic E-state index is -0.630. The summed E-state index contributed by atoms with van der Waals surface area (Å²) in [7, 11) is 1.25. The molecule has 0 aliphatic carbocycles. The zero-order valence-corrected chi connectivity index (χ0v) is 16.8. The molecule has 1 heterocycles. The van der Waals surface area contributed by atoms with Crippen molar-refractivity contribution < 1.29 is 18.7 Å².